The van der Waals surface area contributed by atoms with E-state index in [1.807, 2.05) is 6.07 Å². The van der Waals surface area contributed by atoms with Crippen LogP contribution in [0.5, 0.6) is 0 Å². The molecule has 0 heterocycles. The highest BCUT2D eigenvalue weighted by atomic mass is 19.1. The van der Waals surface area contributed by atoms with Gasteiger partial charge in [-0.15, -0.1) is 0 Å². The lowest BCUT2D eigenvalue weighted by atomic mass is 9.96. The van der Waals surface area contributed by atoms with Crippen LogP contribution in [0.4, 0.5) is 4.39 Å². The standard InChI is InChI=1S/C14H10FNO/c15-12-6-5-10(8-16)14(7-12)13-4-2-1-3-11(13)9-17/h1-7,17H,9H2. The number of halogens is 1. The molecule has 2 rings (SSSR count). The molecule has 84 valence electrons. The summed E-state index contributed by atoms with van der Waals surface area (Å²) in [5.41, 5.74) is 2.27. The molecule has 0 aromatic heterocycles. The predicted octanol–water partition coefficient (Wildman–Crippen LogP) is 2.86. The number of hydrogen-bond donors (Lipinski definition) is 1. The molecule has 0 saturated carbocycles. The van der Waals surface area contributed by atoms with Crippen molar-refractivity contribution in [2.75, 3.05) is 0 Å². The fourth-order valence-corrected chi connectivity index (χ4v) is 1.76. The average Bonchev–Trinajstić information content (AvgIpc) is 2.38. The van der Waals surface area contributed by atoms with E-state index in [1.54, 1.807) is 24.3 Å². The molecule has 0 bridgehead atoms. The molecule has 0 aliphatic carbocycles. The summed E-state index contributed by atoms with van der Waals surface area (Å²) in [7, 11) is 0. The van der Waals surface area contributed by atoms with Gasteiger partial charge in [0.15, 0.2) is 0 Å². The number of aliphatic hydroxyl groups is 1. The van der Waals surface area contributed by atoms with Gasteiger partial charge in [-0.1, -0.05) is 24.3 Å². The Hall–Kier alpha value is -2.18. The van der Waals surface area contributed by atoms with Gasteiger partial charge in [0.2, 0.25) is 0 Å². The van der Waals surface area contributed by atoms with Gasteiger partial charge in [0.25, 0.3) is 0 Å². The minimum atomic E-state index is -0.397. The van der Waals surface area contributed by atoms with Gasteiger partial charge in [-0.25, -0.2) is 4.39 Å². The zero-order valence-corrected chi connectivity index (χ0v) is 9.02. The number of rotatable bonds is 2. The first kappa shape index (κ1) is 11.3. The minimum absolute atomic E-state index is 0.141. The van der Waals surface area contributed by atoms with Crippen molar-refractivity contribution in [1.82, 2.24) is 0 Å². The number of nitriles is 1. The van der Waals surface area contributed by atoms with Gasteiger partial charge in [-0.3, -0.25) is 0 Å². The van der Waals surface area contributed by atoms with Crippen molar-refractivity contribution >= 4 is 0 Å². The Balaban J connectivity index is 2.68. The molecular weight excluding hydrogens is 217 g/mol. The summed E-state index contributed by atoms with van der Waals surface area (Å²) in [4.78, 5) is 0. The van der Waals surface area contributed by atoms with E-state index in [9.17, 15) is 9.50 Å². The Labute approximate surface area is 98.6 Å². The maximum atomic E-state index is 13.2. The smallest absolute Gasteiger partial charge is 0.123 e. The van der Waals surface area contributed by atoms with Gasteiger partial charge in [0.05, 0.1) is 18.2 Å². The summed E-state index contributed by atoms with van der Waals surface area (Å²) < 4.78 is 13.2. The van der Waals surface area contributed by atoms with Crippen molar-refractivity contribution in [3.8, 4) is 17.2 Å². The van der Waals surface area contributed by atoms with Crippen LogP contribution >= 0.6 is 0 Å². The number of hydrogen-bond acceptors (Lipinski definition) is 2. The summed E-state index contributed by atoms with van der Waals surface area (Å²) in [6, 6.07) is 13.1. The van der Waals surface area contributed by atoms with Gasteiger partial charge >= 0.3 is 0 Å². The Morgan fingerprint density at radius 2 is 1.88 bits per heavy atom. The van der Waals surface area contributed by atoms with Gasteiger partial charge < -0.3 is 5.11 Å². The molecule has 0 aliphatic heterocycles. The third-order valence-electron chi connectivity index (χ3n) is 2.58. The highest BCUT2D eigenvalue weighted by molar-refractivity contribution is 5.73. The SMILES string of the molecule is N#Cc1ccc(F)cc1-c1ccccc1CO. The normalized spacial score (nSPS) is 9.94. The first-order valence-corrected chi connectivity index (χ1v) is 5.15. The first-order chi connectivity index (χ1) is 8.26. The van der Waals surface area contributed by atoms with Crippen molar-refractivity contribution in [3.63, 3.8) is 0 Å². The summed E-state index contributed by atoms with van der Waals surface area (Å²) in [5, 5.41) is 18.2. The molecule has 1 N–H and O–H groups in total. The summed E-state index contributed by atoms with van der Waals surface area (Å²) in [5.74, 6) is -0.397. The maximum absolute atomic E-state index is 13.2. The molecule has 0 spiro atoms. The zero-order valence-electron chi connectivity index (χ0n) is 9.02. The number of nitrogens with zero attached hydrogens (tertiary/aromatic N) is 1. The van der Waals surface area contributed by atoms with Crippen LogP contribution < -0.4 is 0 Å². The van der Waals surface area contributed by atoms with Crippen LogP contribution in [-0.2, 0) is 6.61 Å². The fourth-order valence-electron chi connectivity index (χ4n) is 1.76. The molecule has 0 radical (unpaired) electrons. The lowest BCUT2D eigenvalue weighted by Gasteiger charge is -2.09. The van der Waals surface area contributed by atoms with Crippen LogP contribution in [0, 0.1) is 17.1 Å². The van der Waals surface area contributed by atoms with Crippen LogP contribution in [0.2, 0.25) is 0 Å². The van der Waals surface area contributed by atoms with Crippen molar-refractivity contribution in [3.05, 3.63) is 59.4 Å². The number of aliphatic hydroxyl groups excluding tert-OH is 1. The highest BCUT2D eigenvalue weighted by Crippen LogP contribution is 2.27. The van der Waals surface area contributed by atoms with Crippen LogP contribution in [0.1, 0.15) is 11.1 Å². The number of benzene rings is 2. The van der Waals surface area contributed by atoms with E-state index in [-0.39, 0.29) is 6.61 Å². The third kappa shape index (κ3) is 2.17. The van der Waals surface area contributed by atoms with Crippen molar-refractivity contribution in [1.29, 1.82) is 5.26 Å². The molecule has 0 aliphatic rings. The van der Waals surface area contributed by atoms with Gasteiger partial charge in [0.1, 0.15) is 5.82 Å². The molecule has 0 saturated heterocycles. The molecular formula is C14H10FNO. The molecule has 0 fully saturated rings. The second-order valence-corrected chi connectivity index (χ2v) is 3.62. The zero-order chi connectivity index (χ0) is 12.3. The van der Waals surface area contributed by atoms with Gasteiger partial charge in [0, 0.05) is 5.56 Å². The van der Waals surface area contributed by atoms with Crippen molar-refractivity contribution in [2.24, 2.45) is 0 Å². The maximum Gasteiger partial charge on any atom is 0.123 e. The van der Waals surface area contributed by atoms with E-state index in [0.29, 0.717) is 22.3 Å². The Morgan fingerprint density at radius 3 is 2.59 bits per heavy atom. The molecule has 2 aromatic rings. The molecule has 17 heavy (non-hydrogen) atoms. The quantitative estimate of drug-likeness (QED) is 0.857. The average molecular weight is 227 g/mol. The van der Waals surface area contributed by atoms with E-state index < -0.39 is 5.82 Å². The van der Waals surface area contributed by atoms with Crippen LogP contribution in [0.15, 0.2) is 42.5 Å². The van der Waals surface area contributed by atoms with E-state index in [2.05, 4.69) is 0 Å². The summed E-state index contributed by atoms with van der Waals surface area (Å²) in [6.45, 7) is -0.141. The molecule has 3 heteroatoms. The first-order valence-electron chi connectivity index (χ1n) is 5.15. The molecule has 0 amide bonds. The predicted molar refractivity (Wildman–Crippen MR) is 62.5 cm³/mol. The van der Waals surface area contributed by atoms with E-state index in [0.717, 1.165) is 0 Å². The van der Waals surface area contributed by atoms with Crippen LogP contribution in [0.3, 0.4) is 0 Å². The van der Waals surface area contributed by atoms with Crippen molar-refractivity contribution in [2.45, 2.75) is 6.61 Å². The molecule has 0 atom stereocenters. The highest BCUT2D eigenvalue weighted by Gasteiger charge is 2.09. The molecule has 2 aromatic carbocycles. The Kier molecular flexibility index (Phi) is 3.17. The summed E-state index contributed by atoms with van der Waals surface area (Å²) in [6.07, 6.45) is 0. The third-order valence-corrected chi connectivity index (χ3v) is 2.58. The second kappa shape index (κ2) is 4.77. The topological polar surface area (TPSA) is 44.0 Å². The Morgan fingerprint density at radius 1 is 1.12 bits per heavy atom. The van der Waals surface area contributed by atoms with Gasteiger partial charge in [-0.2, -0.15) is 5.26 Å². The van der Waals surface area contributed by atoms with Crippen LogP contribution in [-0.4, -0.2) is 5.11 Å². The van der Waals surface area contributed by atoms with Crippen molar-refractivity contribution < 1.29 is 9.50 Å². The van der Waals surface area contributed by atoms with E-state index in [1.165, 1.54) is 18.2 Å². The van der Waals surface area contributed by atoms with E-state index in [4.69, 9.17) is 5.26 Å². The van der Waals surface area contributed by atoms with E-state index >= 15 is 0 Å². The second-order valence-electron chi connectivity index (χ2n) is 3.62. The monoisotopic (exact) mass is 227 g/mol. The lowest BCUT2D eigenvalue weighted by Crippen LogP contribution is -1.92. The molecule has 2 nitrogen and oxygen atoms in total. The minimum Gasteiger partial charge on any atom is -0.392 e. The molecule has 0 unspecified atom stereocenters. The summed E-state index contributed by atoms with van der Waals surface area (Å²) >= 11 is 0. The largest absolute Gasteiger partial charge is 0.392 e. The van der Waals surface area contributed by atoms with Crippen LogP contribution in [0.25, 0.3) is 11.1 Å². The lowest BCUT2D eigenvalue weighted by molar-refractivity contribution is 0.282. The fraction of sp³-hybridized carbons (Fsp3) is 0.0714. The Bertz CT molecular complexity index is 587. The van der Waals surface area contributed by atoms with Gasteiger partial charge in [-0.05, 0) is 29.3 Å².